The molecule has 7 heteroatoms. The Bertz CT molecular complexity index is 683. The third kappa shape index (κ3) is 3.79. The highest BCUT2D eigenvalue weighted by molar-refractivity contribution is 5.94. The molecule has 6 nitrogen and oxygen atoms in total. The molecule has 0 aliphatic carbocycles. The van der Waals surface area contributed by atoms with Crippen LogP contribution in [0.15, 0.2) is 36.7 Å². The van der Waals surface area contributed by atoms with Crippen LogP contribution >= 0.6 is 0 Å². The molecule has 2 heterocycles. The Labute approximate surface area is 139 Å². The number of likely N-dealkylation sites (tertiary alicyclic amines) is 1. The van der Waals surface area contributed by atoms with Gasteiger partial charge in [0.05, 0.1) is 19.5 Å². The normalized spacial score (nSPS) is 15.2. The molecule has 0 bridgehead atoms. The molecule has 0 saturated carbocycles. The molecule has 1 aromatic carbocycles. The molecule has 1 aliphatic heterocycles. The van der Waals surface area contributed by atoms with Gasteiger partial charge in [0, 0.05) is 31.5 Å². The zero-order valence-electron chi connectivity index (χ0n) is 13.3. The van der Waals surface area contributed by atoms with E-state index < -0.39 is 5.82 Å². The molecule has 0 atom stereocenters. The van der Waals surface area contributed by atoms with Crippen LogP contribution in [0.2, 0.25) is 0 Å². The van der Waals surface area contributed by atoms with Crippen LogP contribution in [0.3, 0.4) is 0 Å². The molecule has 126 valence electrons. The number of nitrogens with zero attached hydrogens (tertiary/aromatic N) is 3. The summed E-state index contributed by atoms with van der Waals surface area (Å²) in [6.45, 7) is 1.19. The van der Waals surface area contributed by atoms with Crippen molar-refractivity contribution < 1.29 is 18.7 Å². The van der Waals surface area contributed by atoms with Gasteiger partial charge in [-0.3, -0.25) is 4.79 Å². The van der Waals surface area contributed by atoms with Crippen molar-refractivity contribution in [3.63, 3.8) is 0 Å². The van der Waals surface area contributed by atoms with Gasteiger partial charge < -0.3 is 14.4 Å². The van der Waals surface area contributed by atoms with Crippen molar-refractivity contribution >= 4 is 5.91 Å². The van der Waals surface area contributed by atoms with E-state index in [-0.39, 0.29) is 18.0 Å². The van der Waals surface area contributed by atoms with Gasteiger partial charge in [-0.15, -0.1) is 0 Å². The first-order valence-electron chi connectivity index (χ1n) is 7.73. The van der Waals surface area contributed by atoms with E-state index in [1.807, 2.05) is 0 Å². The Hall–Kier alpha value is -2.70. The van der Waals surface area contributed by atoms with Gasteiger partial charge in [-0.05, 0) is 24.3 Å². The first kappa shape index (κ1) is 16.2. The summed E-state index contributed by atoms with van der Waals surface area (Å²) in [5.74, 6) is 0.217. The molecule has 2 aromatic rings. The molecule has 0 spiro atoms. The molecule has 1 saturated heterocycles. The van der Waals surface area contributed by atoms with Crippen LogP contribution in [0.5, 0.6) is 11.8 Å². The zero-order chi connectivity index (χ0) is 16.9. The number of benzene rings is 1. The lowest BCUT2D eigenvalue weighted by molar-refractivity contribution is 0.0578. The number of amides is 1. The standard InChI is InChI=1S/C17H18FN3O3/c1-23-14-4-2-12(3-5-14)16(22)21-8-6-15(7-9-21)24-17-19-10-13(18)11-20-17/h2-5,10-11,15H,6-9H2,1H3. The summed E-state index contributed by atoms with van der Waals surface area (Å²) in [6.07, 6.45) is 3.44. The van der Waals surface area contributed by atoms with Crippen molar-refractivity contribution in [1.82, 2.24) is 14.9 Å². The number of carbonyl (C=O) groups excluding carboxylic acids is 1. The van der Waals surface area contributed by atoms with Gasteiger partial charge in [0.25, 0.3) is 5.91 Å². The van der Waals surface area contributed by atoms with Gasteiger partial charge >= 0.3 is 6.01 Å². The highest BCUT2D eigenvalue weighted by atomic mass is 19.1. The minimum atomic E-state index is -0.498. The molecule has 3 rings (SSSR count). The molecule has 1 fully saturated rings. The fourth-order valence-electron chi connectivity index (χ4n) is 2.60. The Morgan fingerprint density at radius 1 is 1.17 bits per heavy atom. The number of hydrogen-bond donors (Lipinski definition) is 0. The Balaban J connectivity index is 1.54. The topological polar surface area (TPSA) is 64.5 Å². The maximum absolute atomic E-state index is 12.8. The summed E-state index contributed by atoms with van der Waals surface area (Å²) >= 11 is 0. The number of ether oxygens (including phenoxy) is 2. The largest absolute Gasteiger partial charge is 0.497 e. The summed E-state index contributed by atoms with van der Waals surface area (Å²) in [4.78, 5) is 21.9. The zero-order valence-corrected chi connectivity index (χ0v) is 13.3. The van der Waals surface area contributed by atoms with Gasteiger partial charge in [-0.25, -0.2) is 14.4 Å². The second-order valence-electron chi connectivity index (χ2n) is 5.52. The molecular formula is C17H18FN3O3. The van der Waals surface area contributed by atoms with Crippen LogP contribution < -0.4 is 9.47 Å². The minimum absolute atomic E-state index is 0.00543. The number of rotatable bonds is 4. The Kier molecular flexibility index (Phi) is 4.88. The van der Waals surface area contributed by atoms with E-state index in [4.69, 9.17) is 9.47 Å². The van der Waals surface area contributed by atoms with E-state index in [9.17, 15) is 9.18 Å². The summed E-state index contributed by atoms with van der Waals surface area (Å²) in [6, 6.07) is 7.23. The van der Waals surface area contributed by atoms with Gasteiger partial charge in [-0.1, -0.05) is 0 Å². The van der Waals surface area contributed by atoms with Gasteiger partial charge in [0.15, 0.2) is 5.82 Å². The summed E-state index contributed by atoms with van der Waals surface area (Å²) < 4.78 is 23.5. The molecule has 1 amide bonds. The monoisotopic (exact) mass is 331 g/mol. The van der Waals surface area contributed by atoms with E-state index in [0.717, 1.165) is 18.1 Å². The number of aromatic nitrogens is 2. The molecule has 1 aromatic heterocycles. The highest BCUT2D eigenvalue weighted by Crippen LogP contribution is 2.19. The van der Waals surface area contributed by atoms with Crippen molar-refractivity contribution in [3.05, 3.63) is 48.0 Å². The number of piperidine rings is 1. The molecule has 0 N–H and O–H groups in total. The average Bonchev–Trinajstić information content (AvgIpc) is 2.64. The van der Waals surface area contributed by atoms with Crippen molar-refractivity contribution in [3.8, 4) is 11.8 Å². The quantitative estimate of drug-likeness (QED) is 0.860. The van der Waals surface area contributed by atoms with Gasteiger partial charge in [0.1, 0.15) is 11.9 Å². The lowest BCUT2D eigenvalue weighted by atomic mass is 10.1. The van der Waals surface area contributed by atoms with Gasteiger partial charge in [0.2, 0.25) is 0 Å². The third-order valence-electron chi connectivity index (χ3n) is 3.93. The molecule has 1 aliphatic rings. The van der Waals surface area contributed by atoms with E-state index in [0.29, 0.717) is 31.5 Å². The van der Waals surface area contributed by atoms with Gasteiger partial charge in [-0.2, -0.15) is 0 Å². The maximum Gasteiger partial charge on any atom is 0.316 e. The van der Waals surface area contributed by atoms with Crippen LogP contribution in [0.1, 0.15) is 23.2 Å². The number of carbonyl (C=O) groups is 1. The summed E-state index contributed by atoms with van der Waals surface area (Å²) in [5.41, 5.74) is 0.636. The van der Waals surface area contributed by atoms with E-state index in [1.165, 1.54) is 0 Å². The van der Waals surface area contributed by atoms with Crippen molar-refractivity contribution in [1.29, 1.82) is 0 Å². The van der Waals surface area contributed by atoms with Crippen molar-refractivity contribution in [2.75, 3.05) is 20.2 Å². The smallest absolute Gasteiger partial charge is 0.316 e. The average molecular weight is 331 g/mol. The van der Waals surface area contributed by atoms with Crippen LogP contribution in [0, 0.1) is 5.82 Å². The van der Waals surface area contributed by atoms with E-state index >= 15 is 0 Å². The van der Waals surface area contributed by atoms with Crippen LogP contribution in [-0.4, -0.2) is 47.1 Å². The third-order valence-corrected chi connectivity index (χ3v) is 3.93. The number of methoxy groups -OCH3 is 1. The predicted octanol–water partition coefficient (Wildman–Crippen LogP) is 2.31. The van der Waals surface area contributed by atoms with Crippen LogP contribution in [0.25, 0.3) is 0 Å². The molecule has 0 radical (unpaired) electrons. The van der Waals surface area contributed by atoms with E-state index in [2.05, 4.69) is 9.97 Å². The lowest BCUT2D eigenvalue weighted by Gasteiger charge is -2.31. The Morgan fingerprint density at radius 3 is 2.38 bits per heavy atom. The molecule has 24 heavy (non-hydrogen) atoms. The Morgan fingerprint density at radius 2 is 1.79 bits per heavy atom. The predicted molar refractivity (Wildman–Crippen MR) is 84.5 cm³/mol. The minimum Gasteiger partial charge on any atom is -0.497 e. The summed E-state index contributed by atoms with van der Waals surface area (Å²) in [5, 5.41) is 0. The van der Waals surface area contributed by atoms with Crippen LogP contribution in [0.4, 0.5) is 4.39 Å². The first-order valence-corrected chi connectivity index (χ1v) is 7.73. The fraction of sp³-hybridized carbons (Fsp3) is 0.353. The van der Waals surface area contributed by atoms with Crippen LogP contribution in [-0.2, 0) is 0 Å². The molecular weight excluding hydrogens is 313 g/mol. The SMILES string of the molecule is COc1ccc(C(=O)N2CCC(Oc3ncc(F)cn3)CC2)cc1. The fourth-order valence-corrected chi connectivity index (χ4v) is 2.60. The van der Waals surface area contributed by atoms with Crippen molar-refractivity contribution in [2.45, 2.75) is 18.9 Å². The lowest BCUT2D eigenvalue weighted by Crippen LogP contribution is -2.41. The van der Waals surface area contributed by atoms with E-state index in [1.54, 1.807) is 36.3 Å². The number of halogens is 1. The summed E-state index contributed by atoms with van der Waals surface area (Å²) in [7, 11) is 1.59. The highest BCUT2D eigenvalue weighted by Gasteiger charge is 2.25. The first-order chi connectivity index (χ1) is 11.7. The second-order valence-corrected chi connectivity index (χ2v) is 5.52. The van der Waals surface area contributed by atoms with Crippen molar-refractivity contribution in [2.24, 2.45) is 0 Å². The molecule has 0 unspecified atom stereocenters. The second kappa shape index (κ2) is 7.25. The maximum atomic E-state index is 12.8. The number of hydrogen-bond acceptors (Lipinski definition) is 5.